The van der Waals surface area contributed by atoms with Gasteiger partial charge < -0.3 is 5.32 Å². The summed E-state index contributed by atoms with van der Waals surface area (Å²) < 4.78 is 1.77. The number of rotatable bonds is 4. The zero-order chi connectivity index (χ0) is 14.3. The second kappa shape index (κ2) is 5.22. The van der Waals surface area contributed by atoms with Gasteiger partial charge >= 0.3 is 0 Å². The largest absolute Gasteiger partial charge is 0.352 e. The third-order valence-electron chi connectivity index (χ3n) is 3.38. The molecule has 1 N–H and O–H groups in total. The van der Waals surface area contributed by atoms with E-state index in [1.54, 1.807) is 16.8 Å². The van der Waals surface area contributed by atoms with Crippen molar-refractivity contribution in [1.82, 2.24) is 19.9 Å². The van der Waals surface area contributed by atoms with E-state index in [1.165, 1.54) is 0 Å². The Kier molecular flexibility index (Phi) is 3.56. The van der Waals surface area contributed by atoms with Crippen LogP contribution in [-0.2, 0) is 10.7 Å². The van der Waals surface area contributed by atoms with Crippen LogP contribution >= 0.6 is 23.2 Å². The second-order valence-corrected chi connectivity index (χ2v) is 5.69. The topological polar surface area (TPSA) is 59.8 Å². The van der Waals surface area contributed by atoms with Crippen molar-refractivity contribution < 1.29 is 4.79 Å². The summed E-state index contributed by atoms with van der Waals surface area (Å²) in [5, 5.41) is 3.50. The normalized spacial score (nSPS) is 16.4. The molecule has 1 aliphatic carbocycles. The van der Waals surface area contributed by atoms with Gasteiger partial charge in [0.15, 0.2) is 5.65 Å². The van der Waals surface area contributed by atoms with Crippen LogP contribution in [0.1, 0.15) is 31.6 Å². The molecule has 0 radical (unpaired) electrons. The van der Waals surface area contributed by atoms with E-state index in [9.17, 15) is 4.79 Å². The Morgan fingerprint density at radius 3 is 3.00 bits per heavy atom. The number of hydrogen-bond acceptors (Lipinski definition) is 3. The van der Waals surface area contributed by atoms with E-state index in [0.717, 1.165) is 12.8 Å². The minimum Gasteiger partial charge on any atom is -0.352 e. The van der Waals surface area contributed by atoms with Gasteiger partial charge in [0.2, 0.25) is 5.91 Å². The highest BCUT2D eigenvalue weighted by Crippen LogP contribution is 2.25. The number of imidazole rings is 1. The molecule has 2 aromatic rings. The third-order valence-corrected chi connectivity index (χ3v) is 3.83. The number of nitrogens with zero attached hydrogens (tertiary/aromatic N) is 3. The molecule has 2 heterocycles. The van der Waals surface area contributed by atoms with Gasteiger partial charge in [-0.15, -0.1) is 11.6 Å². The highest BCUT2D eigenvalue weighted by molar-refractivity contribution is 6.31. The summed E-state index contributed by atoms with van der Waals surface area (Å²) in [4.78, 5) is 20.9. The van der Waals surface area contributed by atoms with Crippen LogP contribution < -0.4 is 5.32 Å². The van der Waals surface area contributed by atoms with Gasteiger partial charge in [0, 0.05) is 12.2 Å². The molecule has 7 heteroatoms. The minimum atomic E-state index is -0.400. The highest BCUT2D eigenvalue weighted by Gasteiger charge is 2.28. The molecular formula is C13H14Cl2N4O. The standard InChI is InChI=1S/C13H14Cl2N4O/c1-7(13(20)17-9-2-3-9)19-11(5-14)18-10-4-8(15)6-16-12(10)19/h4,6-7,9H,2-3,5H2,1H3,(H,17,20). The first-order valence-corrected chi connectivity index (χ1v) is 7.40. The third kappa shape index (κ3) is 2.47. The van der Waals surface area contributed by atoms with E-state index in [-0.39, 0.29) is 11.8 Å². The first-order chi connectivity index (χ1) is 9.60. The average molecular weight is 313 g/mol. The van der Waals surface area contributed by atoms with Crippen molar-refractivity contribution in [3.63, 3.8) is 0 Å². The summed E-state index contributed by atoms with van der Waals surface area (Å²) in [6, 6.07) is 1.65. The van der Waals surface area contributed by atoms with Gasteiger partial charge in [0.1, 0.15) is 17.4 Å². The number of amides is 1. The molecule has 1 saturated carbocycles. The fraction of sp³-hybridized carbons (Fsp3) is 0.462. The lowest BCUT2D eigenvalue weighted by atomic mass is 10.3. The number of carbonyl (C=O) groups is 1. The van der Waals surface area contributed by atoms with Crippen molar-refractivity contribution in [3.8, 4) is 0 Å². The Labute approximate surface area is 126 Å². The Morgan fingerprint density at radius 1 is 1.60 bits per heavy atom. The van der Waals surface area contributed by atoms with Crippen LogP contribution in [0.25, 0.3) is 11.2 Å². The molecule has 2 aromatic heterocycles. The van der Waals surface area contributed by atoms with E-state index in [1.807, 2.05) is 6.92 Å². The second-order valence-electron chi connectivity index (χ2n) is 4.99. The van der Waals surface area contributed by atoms with E-state index < -0.39 is 6.04 Å². The molecule has 1 fully saturated rings. The number of hydrogen-bond donors (Lipinski definition) is 1. The summed E-state index contributed by atoms with van der Waals surface area (Å²) in [6.45, 7) is 1.82. The molecule has 5 nitrogen and oxygen atoms in total. The summed E-state index contributed by atoms with van der Waals surface area (Å²) >= 11 is 11.9. The number of carbonyl (C=O) groups excluding carboxylic acids is 1. The van der Waals surface area contributed by atoms with Crippen molar-refractivity contribution >= 4 is 40.3 Å². The lowest BCUT2D eigenvalue weighted by Crippen LogP contribution is -2.33. The Bertz CT molecular complexity index is 666. The predicted octanol–water partition coefficient (Wildman–Crippen LogP) is 2.66. The summed E-state index contributed by atoms with van der Waals surface area (Å²) in [5.41, 5.74) is 1.28. The minimum absolute atomic E-state index is 0.0325. The van der Waals surface area contributed by atoms with Crippen LogP contribution in [0.3, 0.4) is 0 Å². The maximum absolute atomic E-state index is 12.2. The number of pyridine rings is 1. The molecule has 20 heavy (non-hydrogen) atoms. The number of alkyl halides is 1. The predicted molar refractivity (Wildman–Crippen MR) is 78.0 cm³/mol. The van der Waals surface area contributed by atoms with Crippen LogP contribution in [0.4, 0.5) is 0 Å². The van der Waals surface area contributed by atoms with Gasteiger partial charge in [-0.2, -0.15) is 0 Å². The lowest BCUT2D eigenvalue weighted by Gasteiger charge is -2.16. The van der Waals surface area contributed by atoms with Crippen LogP contribution in [0.2, 0.25) is 5.02 Å². The SMILES string of the molecule is CC(C(=O)NC1CC1)n1c(CCl)nc2cc(Cl)cnc21. The fourth-order valence-electron chi connectivity index (χ4n) is 2.17. The molecule has 106 valence electrons. The Morgan fingerprint density at radius 2 is 2.35 bits per heavy atom. The van der Waals surface area contributed by atoms with Crippen molar-refractivity contribution in [2.45, 2.75) is 37.7 Å². The van der Waals surface area contributed by atoms with Gasteiger partial charge in [0.25, 0.3) is 0 Å². The molecule has 1 amide bonds. The molecule has 0 spiro atoms. The Hall–Kier alpha value is -1.33. The molecule has 3 rings (SSSR count). The number of aromatic nitrogens is 3. The van der Waals surface area contributed by atoms with E-state index >= 15 is 0 Å². The van der Waals surface area contributed by atoms with E-state index in [0.29, 0.717) is 28.1 Å². The fourth-order valence-corrected chi connectivity index (χ4v) is 2.51. The van der Waals surface area contributed by atoms with Crippen LogP contribution in [0.5, 0.6) is 0 Å². The maximum atomic E-state index is 12.2. The molecule has 0 saturated heterocycles. The first-order valence-electron chi connectivity index (χ1n) is 6.49. The van der Waals surface area contributed by atoms with Gasteiger partial charge in [-0.1, -0.05) is 11.6 Å². The number of nitrogens with one attached hydrogen (secondary N) is 1. The van der Waals surface area contributed by atoms with Gasteiger partial charge in [-0.25, -0.2) is 9.97 Å². The van der Waals surface area contributed by atoms with Crippen LogP contribution in [0, 0.1) is 0 Å². The van der Waals surface area contributed by atoms with Crippen LogP contribution in [0.15, 0.2) is 12.3 Å². The van der Waals surface area contributed by atoms with E-state index in [2.05, 4.69) is 15.3 Å². The molecular weight excluding hydrogens is 299 g/mol. The zero-order valence-corrected chi connectivity index (χ0v) is 12.4. The maximum Gasteiger partial charge on any atom is 0.243 e. The first kappa shape index (κ1) is 13.6. The molecule has 0 bridgehead atoms. The van der Waals surface area contributed by atoms with Crippen molar-refractivity contribution in [1.29, 1.82) is 0 Å². The van der Waals surface area contributed by atoms with Crippen molar-refractivity contribution in [2.75, 3.05) is 0 Å². The summed E-state index contributed by atoms with van der Waals surface area (Å²) in [6.07, 6.45) is 3.66. The smallest absolute Gasteiger partial charge is 0.243 e. The summed E-state index contributed by atoms with van der Waals surface area (Å²) in [7, 11) is 0. The van der Waals surface area contributed by atoms with Crippen molar-refractivity contribution in [3.05, 3.63) is 23.1 Å². The van der Waals surface area contributed by atoms with Crippen molar-refractivity contribution in [2.24, 2.45) is 0 Å². The summed E-state index contributed by atoms with van der Waals surface area (Å²) in [5.74, 6) is 0.805. The number of fused-ring (bicyclic) bond motifs is 1. The lowest BCUT2D eigenvalue weighted by molar-refractivity contribution is -0.124. The zero-order valence-electron chi connectivity index (χ0n) is 10.9. The monoisotopic (exact) mass is 312 g/mol. The quantitative estimate of drug-likeness (QED) is 0.883. The number of halogens is 2. The van der Waals surface area contributed by atoms with Gasteiger partial charge in [-0.05, 0) is 25.8 Å². The Balaban J connectivity index is 2.01. The molecule has 0 aliphatic heterocycles. The van der Waals surface area contributed by atoms with Crippen LogP contribution in [-0.4, -0.2) is 26.5 Å². The molecule has 1 atom stereocenters. The average Bonchev–Trinajstić information content (AvgIpc) is 3.16. The molecule has 1 unspecified atom stereocenters. The molecule has 0 aromatic carbocycles. The van der Waals surface area contributed by atoms with Gasteiger partial charge in [-0.3, -0.25) is 9.36 Å². The van der Waals surface area contributed by atoms with Gasteiger partial charge in [0.05, 0.1) is 10.9 Å². The molecule has 1 aliphatic rings. The van der Waals surface area contributed by atoms with E-state index in [4.69, 9.17) is 23.2 Å². The highest BCUT2D eigenvalue weighted by atomic mass is 35.5.